The minimum Gasteiger partial charge on any atom is -0.756 e. The summed E-state index contributed by atoms with van der Waals surface area (Å²) >= 11 is 0. The number of phosphoric ester groups is 1. The van der Waals surface area contributed by atoms with Crippen molar-refractivity contribution in [3.63, 3.8) is 0 Å². The van der Waals surface area contributed by atoms with E-state index in [2.05, 4.69) is 62.5 Å². The lowest BCUT2D eigenvalue weighted by Crippen LogP contribution is -2.37. The number of rotatable bonds is 39. The number of allylic oxidation sites excluding steroid dienone is 13. The molecular weight excluding hydrogens is 750 g/mol. The van der Waals surface area contributed by atoms with Gasteiger partial charge in [-0.3, -0.25) is 9.36 Å². The molecule has 10 heteroatoms. The zero-order valence-corrected chi connectivity index (χ0v) is 38.1. The first-order valence-electron chi connectivity index (χ1n) is 22.3. The number of quaternary nitrogens is 1. The molecule has 0 N–H and O–H groups in total. The van der Waals surface area contributed by atoms with Gasteiger partial charge in [0.25, 0.3) is 7.82 Å². The van der Waals surface area contributed by atoms with Crippen LogP contribution in [0, 0.1) is 0 Å². The second-order valence-electron chi connectivity index (χ2n) is 15.8. The summed E-state index contributed by atoms with van der Waals surface area (Å²) in [5, 5.41) is 0. The van der Waals surface area contributed by atoms with Crippen LogP contribution in [0.15, 0.2) is 85.1 Å². The van der Waals surface area contributed by atoms with Crippen molar-refractivity contribution in [2.24, 2.45) is 0 Å². The van der Waals surface area contributed by atoms with E-state index in [1.54, 1.807) is 6.08 Å². The molecular formula is C48H82NO8P. The van der Waals surface area contributed by atoms with Gasteiger partial charge in [-0.25, -0.2) is 4.79 Å². The molecule has 332 valence electrons. The van der Waals surface area contributed by atoms with Crippen molar-refractivity contribution < 1.29 is 42.1 Å². The standard InChI is InChI=1S/C48H82NO8P/c1-6-8-10-12-14-16-18-20-22-23-24-25-27-29-31-33-35-37-39-41-48(51)57-46(45-56-58(52,53)55-43-42-49(3,4)5)44-54-47(50)40-38-36-34-32-30-28-26-21-19-17-15-13-11-9-7-2/h14,16,20,22,24-25,29,31,34-38,40,46H,6-13,15,17-19,21,23,26-28,30,32-33,39,41-45H2,1-5H3/b16-14+,22-20+,25-24+,31-29+,36-34+,37-35+,40-38+/t46-/m1/s1. The molecule has 0 aliphatic rings. The Morgan fingerprint density at radius 2 is 1.05 bits per heavy atom. The Hall–Kier alpha value is -2.81. The molecule has 58 heavy (non-hydrogen) atoms. The Labute approximate surface area is 354 Å². The summed E-state index contributed by atoms with van der Waals surface area (Å²) in [4.78, 5) is 37.4. The zero-order valence-electron chi connectivity index (χ0n) is 37.2. The van der Waals surface area contributed by atoms with Crippen LogP contribution < -0.4 is 4.89 Å². The highest BCUT2D eigenvalue weighted by Gasteiger charge is 2.21. The Morgan fingerprint density at radius 1 is 0.586 bits per heavy atom. The molecule has 9 nitrogen and oxygen atoms in total. The summed E-state index contributed by atoms with van der Waals surface area (Å²) in [6.45, 7) is 3.96. The van der Waals surface area contributed by atoms with Crippen LogP contribution in [0.1, 0.15) is 155 Å². The summed E-state index contributed by atoms with van der Waals surface area (Å²) in [5.74, 6) is -1.19. The molecule has 2 atom stereocenters. The van der Waals surface area contributed by atoms with Crippen molar-refractivity contribution >= 4 is 19.8 Å². The van der Waals surface area contributed by atoms with E-state index in [1.807, 2.05) is 45.4 Å². The molecule has 0 radical (unpaired) electrons. The quantitative estimate of drug-likeness (QED) is 0.0114. The second kappa shape index (κ2) is 39.6. The van der Waals surface area contributed by atoms with E-state index in [1.165, 1.54) is 96.0 Å². The summed E-state index contributed by atoms with van der Waals surface area (Å²) in [6, 6.07) is 0. The van der Waals surface area contributed by atoms with Crippen LogP contribution in [0.2, 0.25) is 0 Å². The van der Waals surface area contributed by atoms with Crippen LogP contribution in [0.3, 0.4) is 0 Å². The third-order valence-corrected chi connectivity index (χ3v) is 9.97. The van der Waals surface area contributed by atoms with E-state index < -0.39 is 32.5 Å². The molecule has 0 rings (SSSR count). The molecule has 0 amide bonds. The van der Waals surface area contributed by atoms with Gasteiger partial charge in [0.1, 0.15) is 19.8 Å². The lowest BCUT2D eigenvalue weighted by Gasteiger charge is -2.28. The van der Waals surface area contributed by atoms with Crippen molar-refractivity contribution in [1.82, 2.24) is 0 Å². The molecule has 0 spiro atoms. The highest BCUT2D eigenvalue weighted by molar-refractivity contribution is 7.45. The maximum Gasteiger partial charge on any atom is 0.330 e. The first-order chi connectivity index (χ1) is 28.0. The largest absolute Gasteiger partial charge is 0.756 e. The number of hydrogen-bond donors (Lipinski definition) is 0. The normalized spacial score (nSPS) is 14.4. The number of carbonyl (C=O) groups excluding carboxylic acids is 2. The maximum atomic E-state index is 12.6. The smallest absolute Gasteiger partial charge is 0.330 e. The van der Waals surface area contributed by atoms with E-state index in [9.17, 15) is 19.0 Å². The minimum atomic E-state index is -4.67. The van der Waals surface area contributed by atoms with Crippen LogP contribution in [-0.2, 0) is 32.7 Å². The summed E-state index contributed by atoms with van der Waals surface area (Å²) in [7, 11) is 1.07. The van der Waals surface area contributed by atoms with E-state index in [4.69, 9.17) is 18.5 Å². The first kappa shape index (κ1) is 55.2. The van der Waals surface area contributed by atoms with Crippen LogP contribution in [0.4, 0.5) is 0 Å². The average molecular weight is 832 g/mol. The molecule has 0 aromatic rings. The highest BCUT2D eigenvalue weighted by atomic mass is 31.2. The van der Waals surface area contributed by atoms with Gasteiger partial charge in [-0.2, -0.15) is 0 Å². The first-order valence-corrected chi connectivity index (χ1v) is 23.8. The van der Waals surface area contributed by atoms with Gasteiger partial charge in [-0.15, -0.1) is 0 Å². The number of likely N-dealkylation sites (N-methyl/N-ethyl adjacent to an activating group) is 1. The molecule has 0 aliphatic heterocycles. The van der Waals surface area contributed by atoms with Crippen molar-refractivity contribution in [2.45, 2.75) is 161 Å². The van der Waals surface area contributed by atoms with Crippen molar-refractivity contribution in [2.75, 3.05) is 47.5 Å². The number of esters is 2. The average Bonchev–Trinajstić information content (AvgIpc) is 3.17. The number of hydrogen-bond acceptors (Lipinski definition) is 8. The number of ether oxygens (including phenoxy) is 2. The van der Waals surface area contributed by atoms with Gasteiger partial charge < -0.3 is 27.9 Å². The molecule has 0 aliphatic carbocycles. The Bertz CT molecular complexity index is 1260. The van der Waals surface area contributed by atoms with Gasteiger partial charge in [0.05, 0.1) is 27.7 Å². The lowest BCUT2D eigenvalue weighted by atomic mass is 10.1. The third-order valence-electron chi connectivity index (χ3n) is 9.00. The van der Waals surface area contributed by atoms with Crippen LogP contribution in [0.25, 0.3) is 0 Å². The zero-order chi connectivity index (χ0) is 42.8. The Morgan fingerprint density at radius 3 is 1.60 bits per heavy atom. The minimum absolute atomic E-state index is 0.0608. The Kier molecular flexibility index (Phi) is 37.7. The van der Waals surface area contributed by atoms with Gasteiger partial charge in [0.15, 0.2) is 6.10 Å². The fourth-order valence-electron chi connectivity index (χ4n) is 5.49. The van der Waals surface area contributed by atoms with Gasteiger partial charge in [0.2, 0.25) is 0 Å². The lowest BCUT2D eigenvalue weighted by molar-refractivity contribution is -0.870. The SMILES string of the molecule is CCCCC/C=C/C/C=C/C/C=C/C/C=C/C/C=C/CCC(=O)O[C@H](COC(=O)/C=C/C=C/CCCCCCCCCCCCC)COP(=O)([O-])OCC[N+](C)(C)C. The van der Waals surface area contributed by atoms with Gasteiger partial charge in [0, 0.05) is 12.5 Å². The number of phosphoric acid groups is 1. The van der Waals surface area contributed by atoms with E-state index in [-0.39, 0.29) is 19.6 Å². The monoisotopic (exact) mass is 832 g/mol. The van der Waals surface area contributed by atoms with Gasteiger partial charge in [-0.1, -0.05) is 170 Å². The van der Waals surface area contributed by atoms with Crippen LogP contribution >= 0.6 is 7.82 Å². The fraction of sp³-hybridized carbons (Fsp3) is 0.667. The van der Waals surface area contributed by atoms with Crippen molar-refractivity contribution in [3.05, 3.63) is 85.1 Å². The fourth-order valence-corrected chi connectivity index (χ4v) is 6.22. The molecule has 0 aromatic heterocycles. The van der Waals surface area contributed by atoms with E-state index in [0.29, 0.717) is 17.4 Å². The van der Waals surface area contributed by atoms with E-state index in [0.717, 1.165) is 38.5 Å². The molecule has 0 fully saturated rings. The van der Waals surface area contributed by atoms with Crippen molar-refractivity contribution in [1.29, 1.82) is 0 Å². The van der Waals surface area contributed by atoms with Gasteiger partial charge in [-0.05, 0) is 57.8 Å². The number of nitrogens with zero attached hydrogens (tertiary/aromatic N) is 1. The number of carbonyl (C=O) groups is 2. The third kappa shape index (κ3) is 42.8. The number of unbranched alkanes of at least 4 members (excludes halogenated alkanes) is 14. The predicted molar refractivity (Wildman–Crippen MR) is 240 cm³/mol. The molecule has 0 heterocycles. The molecule has 0 saturated carbocycles. The van der Waals surface area contributed by atoms with E-state index >= 15 is 0 Å². The van der Waals surface area contributed by atoms with Crippen LogP contribution in [0.5, 0.6) is 0 Å². The summed E-state index contributed by atoms with van der Waals surface area (Å²) in [6.07, 6.45) is 51.2. The maximum absolute atomic E-state index is 12.6. The van der Waals surface area contributed by atoms with Crippen molar-refractivity contribution in [3.8, 4) is 0 Å². The molecule has 0 bridgehead atoms. The second-order valence-corrected chi connectivity index (χ2v) is 17.2. The summed E-state index contributed by atoms with van der Waals surface area (Å²) in [5.41, 5.74) is 0. The van der Waals surface area contributed by atoms with Gasteiger partial charge >= 0.3 is 11.9 Å². The predicted octanol–water partition coefficient (Wildman–Crippen LogP) is 12.2. The molecule has 0 saturated heterocycles. The molecule has 1 unspecified atom stereocenters. The topological polar surface area (TPSA) is 111 Å². The molecule has 0 aromatic carbocycles. The summed E-state index contributed by atoms with van der Waals surface area (Å²) < 4.78 is 33.6. The highest BCUT2D eigenvalue weighted by Crippen LogP contribution is 2.38. The Balaban J connectivity index is 4.60. The van der Waals surface area contributed by atoms with Crippen LogP contribution in [-0.4, -0.2) is 70.0 Å².